The number of aromatic nitrogens is 2. The highest BCUT2D eigenvalue weighted by atomic mass is 79.9. The third-order valence-electron chi connectivity index (χ3n) is 3.05. The van der Waals surface area contributed by atoms with Crippen LogP contribution in [0.1, 0.15) is 30.0 Å². The third kappa shape index (κ3) is 3.02. The van der Waals surface area contributed by atoms with E-state index in [4.69, 9.17) is 4.74 Å². The second kappa shape index (κ2) is 5.93. The van der Waals surface area contributed by atoms with Crippen molar-refractivity contribution in [2.75, 3.05) is 0 Å². The topological polar surface area (TPSA) is 47.3 Å². The van der Waals surface area contributed by atoms with Crippen molar-refractivity contribution in [2.24, 2.45) is 7.05 Å². The molecule has 0 aliphatic rings. The molecule has 6 heteroatoms. The average molecular weight is 343 g/mol. The lowest BCUT2D eigenvalue weighted by molar-refractivity contribution is 0.189. The highest BCUT2D eigenvalue weighted by molar-refractivity contribution is 9.10. The summed E-state index contributed by atoms with van der Waals surface area (Å²) in [6, 6.07) is 4.11. The van der Waals surface area contributed by atoms with Crippen molar-refractivity contribution < 1.29 is 14.2 Å². The second-order valence-corrected chi connectivity index (χ2v) is 5.41. The normalized spacial score (nSPS) is 12.5. The van der Waals surface area contributed by atoms with Crippen LogP contribution in [-0.2, 0) is 13.7 Å². The second-order valence-electron chi connectivity index (χ2n) is 4.62. The lowest BCUT2D eigenvalue weighted by Gasteiger charge is -2.14. The molecule has 1 N–H and O–H groups in total. The molecule has 20 heavy (non-hydrogen) atoms. The van der Waals surface area contributed by atoms with Gasteiger partial charge in [-0.1, -0.05) is 0 Å². The molecule has 0 spiro atoms. The Balaban J connectivity index is 2.23. The predicted octanol–water partition coefficient (Wildman–Crippen LogP) is 3.26. The Morgan fingerprint density at radius 3 is 2.75 bits per heavy atom. The van der Waals surface area contributed by atoms with Gasteiger partial charge >= 0.3 is 0 Å². The molecule has 0 saturated carbocycles. The lowest BCUT2D eigenvalue weighted by Crippen LogP contribution is -2.06. The van der Waals surface area contributed by atoms with Crippen molar-refractivity contribution >= 4 is 15.9 Å². The highest BCUT2D eigenvalue weighted by Gasteiger charge is 2.14. The maximum atomic E-state index is 13.2. The molecule has 0 radical (unpaired) electrons. The van der Waals surface area contributed by atoms with Crippen molar-refractivity contribution in [2.45, 2.75) is 26.6 Å². The van der Waals surface area contributed by atoms with Gasteiger partial charge in [0.25, 0.3) is 0 Å². The smallest absolute Gasteiger partial charge is 0.131 e. The molecule has 0 bridgehead atoms. The van der Waals surface area contributed by atoms with Crippen LogP contribution in [0.4, 0.5) is 4.39 Å². The van der Waals surface area contributed by atoms with Crippen molar-refractivity contribution in [3.63, 3.8) is 0 Å². The zero-order chi connectivity index (χ0) is 14.9. The predicted molar refractivity (Wildman–Crippen MR) is 77.0 cm³/mol. The first kappa shape index (κ1) is 15.0. The first-order valence-electron chi connectivity index (χ1n) is 6.18. The number of halogens is 2. The molecule has 1 aromatic carbocycles. The zero-order valence-electron chi connectivity index (χ0n) is 11.5. The molecule has 0 aliphatic heterocycles. The molecule has 0 aliphatic carbocycles. The lowest BCUT2D eigenvalue weighted by atomic mass is 10.1. The van der Waals surface area contributed by atoms with Gasteiger partial charge in [-0.15, -0.1) is 0 Å². The number of benzene rings is 1. The fraction of sp³-hybridized carbons (Fsp3) is 0.357. The summed E-state index contributed by atoms with van der Waals surface area (Å²) in [5.74, 6) is 0.0676. The summed E-state index contributed by atoms with van der Waals surface area (Å²) < 4.78 is 21.5. The molecule has 2 aromatic rings. The summed E-state index contributed by atoms with van der Waals surface area (Å²) in [4.78, 5) is 0. The van der Waals surface area contributed by atoms with Crippen LogP contribution in [0, 0.1) is 12.7 Å². The fourth-order valence-electron chi connectivity index (χ4n) is 1.96. The Morgan fingerprint density at radius 1 is 1.50 bits per heavy atom. The van der Waals surface area contributed by atoms with Gasteiger partial charge in [0, 0.05) is 12.6 Å². The molecular weight excluding hydrogens is 327 g/mol. The molecule has 1 heterocycles. The number of hydrogen-bond donors (Lipinski definition) is 1. The van der Waals surface area contributed by atoms with Crippen LogP contribution in [-0.4, -0.2) is 14.9 Å². The average Bonchev–Trinajstić information content (AvgIpc) is 2.62. The monoisotopic (exact) mass is 342 g/mol. The Labute approximate surface area is 125 Å². The largest absolute Gasteiger partial charge is 0.487 e. The van der Waals surface area contributed by atoms with Gasteiger partial charge in [-0.25, -0.2) is 4.39 Å². The van der Waals surface area contributed by atoms with Gasteiger partial charge in [0.15, 0.2) is 0 Å². The highest BCUT2D eigenvalue weighted by Crippen LogP contribution is 2.28. The summed E-state index contributed by atoms with van der Waals surface area (Å²) in [5.41, 5.74) is 2.18. The number of rotatable bonds is 4. The van der Waals surface area contributed by atoms with Crippen LogP contribution in [0.3, 0.4) is 0 Å². The van der Waals surface area contributed by atoms with Crippen molar-refractivity contribution in [3.05, 3.63) is 45.4 Å². The van der Waals surface area contributed by atoms with Crippen LogP contribution >= 0.6 is 15.9 Å². The number of aliphatic hydroxyl groups excluding tert-OH is 1. The molecule has 1 aromatic heterocycles. The Bertz CT molecular complexity index is 626. The molecular formula is C14H16BrFN2O2. The Kier molecular flexibility index (Phi) is 4.45. The van der Waals surface area contributed by atoms with Gasteiger partial charge < -0.3 is 9.84 Å². The summed E-state index contributed by atoms with van der Waals surface area (Å²) >= 11 is 3.46. The number of nitrogens with zero attached hydrogens (tertiary/aromatic N) is 2. The van der Waals surface area contributed by atoms with E-state index in [1.807, 2.05) is 14.0 Å². The van der Waals surface area contributed by atoms with E-state index in [1.165, 1.54) is 18.2 Å². The van der Waals surface area contributed by atoms with E-state index in [2.05, 4.69) is 21.0 Å². The van der Waals surface area contributed by atoms with Gasteiger partial charge in [-0.3, -0.25) is 4.68 Å². The summed E-state index contributed by atoms with van der Waals surface area (Å²) in [5, 5.41) is 13.9. The maximum absolute atomic E-state index is 13.2. The molecule has 0 saturated heterocycles. The minimum atomic E-state index is -0.794. The van der Waals surface area contributed by atoms with Crippen LogP contribution in [0.25, 0.3) is 0 Å². The zero-order valence-corrected chi connectivity index (χ0v) is 13.1. The summed E-state index contributed by atoms with van der Waals surface area (Å²) in [7, 11) is 1.83. The van der Waals surface area contributed by atoms with Crippen LogP contribution in [0.2, 0.25) is 0 Å². The van der Waals surface area contributed by atoms with E-state index in [-0.39, 0.29) is 6.61 Å². The van der Waals surface area contributed by atoms with E-state index in [1.54, 1.807) is 11.6 Å². The van der Waals surface area contributed by atoms with E-state index >= 15 is 0 Å². The first-order chi connectivity index (χ1) is 9.40. The van der Waals surface area contributed by atoms with Crippen molar-refractivity contribution in [1.82, 2.24) is 9.78 Å². The minimum Gasteiger partial charge on any atom is -0.487 e. The van der Waals surface area contributed by atoms with Gasteiger partial charge in [-0.05, 0) is 48.0 Å². The van der Waals surface area contributed by atoms with Crippen molar-refractivity contribution in [3.8, 4) is 5.75 Å². The van der Waals surface area contributed by atoms with Gasteiger partial charge in [0.1, 0.15) is 18.2 Å². The van der Waals surface area contributed by atoms with Crippen LogP contribution in [0.5, 0.6) is 5.75 Å². The maximum Gasteiger partial charge on any atom is 0.131 e. The SMILES string of the molecule is Cc1nn(C)c(COc2ccc(F)cc2C(C)O)c1Br. The number of aliphatic hydroxyl groups is 1. The van der Waals surface area contributed by atoms with E-state index in [0.29, 0.717) is 11.3 Å². The van der Waals surface area contributed by atoms with E-state index < -0.39 is 11.9 Å². The Morgan fingerprint density at radius 2 is 2.20 bits per heavy atom. The van der Waals surface area contributed by atoms with Gasteiger partial charge in [0.05, 0.1) is 22.0 Å². The van der Waals surface area contributed by atoms with Gasteiger partial charge in [0.2, 0.25) is 0 Å². The third-order valence-corrected chi connectivity index (χ3v) is 4.08. The van der Waals surface area contributed by atoms with Gasteiger partial charge in [-0.2, -0.15) is 5.10 Å². The molecule has 1 unspecified atom stereocenters. The van der Waals surface area contributed by atoms with E-state index in [9.17, 15) is 9.50 Å². The fourth-order valence-corrected chi connectivity index (χ4v) is 2.41. The first-order valence-corrected chi connectivity index (χ1v) is 6.97. The summed E-state index contributed by atoms with van der Waals surface area (Å²) in [6.45, 7) is 3.75. The molecule has 108 valence electrons. The molecule has 0 amide bonds. The molecule has 0 fully saturated rings. The van der Waals surface area contributed by atoms with Crippen LogP contribution < -0.4 is 4.74 Å². The van der Waals surface area contributed by atoms with Crippen molar-refractivity contribution in [1.29, 1.82) is 0 Å². The quantitative estimate of drug-likeness (QED) is 0.927. The number of ether oxygens (including phenoxy) is 1. The minimum absolute atomic E-state index is 0.281. The summed E-state index contributed by atoms with van der Waals surface area (Å²) in [6.07, 6.45) is -0.794. The number of hydrogen-bond acceptors (Lipinski definition) is 3. The molecule has 1 atom stereocenters. The standard InChI is InChI=1S/C14H16BrFN2O2/c1-8-14(15)12(18(3)17-8)7-20-13-5-4-10(16)6-11(13)9(2)19/h4-6,9,19H,7H2,1-3H3. The number of aryl methyl sites for hydroxylation is 2. The molecule has 2 rings (SSSR count). The van der Waals surface area contributed by atoms with Crippen LogP contribution in [0.15, 0.2) is 22.7 Å². The Hall–Kier alpha value is -1.40. The molecule has 4 nitrogen and oxygen atoms in total. The van der Waals surface area contributed by atoms with E-state index in [0.717, 1.165) is 15.9 Å².